The van der Waals surface area contributed by atoms with Gasteiger partial charge < -0.3 is 5.32 Å². The molecule has 0 heterocycles. The molecule has 122 valence electrons. The van der Waals surface area contributed by atoms with E-state index in [-0.39, 0.29) is 23.6 Å². The highest BCUT2D eigenvalue weighted by Crippen LogP contribution is 2.25. The van der Waals surface area contributed by atoms with Gasteiger partial charge in [0.05, 0.1) is 5.75 Å². The third-order valence-electron chi connectivity index (χ3n) is 4.02. The van der Waals surface area contributed by atoms with E-state index in [2.05, 4.69) is 5.32 Å². The number of hydrogen-bond acceptors (Lipinski definition) is 3. The van der Waals surface area contributed by atoms with Crippen molar-refractivity contribution in [2.75, 3.05) is 12.0 Å². The Kier molecular flexibility index (Phi) is 5.21. The van der Waals surface area contributed by atoms with Gasteiger partial charge in [0, 0.05) is 17.9 Å². The standard InChI is InChI=1S/C16H22FNO3S/c1-11-7-13(9-14(17)8-11)16(19)18-15-5-3-12(4-6-15)10-22(2,20)21/h7-9,12,15H,3-6,10H2,1-2H3,(H,18,19). The summed E-state index contributed by atoms with van der Waals surface area (Å²) in [4.78, 5) is 12.2. The van der Waals surface area contributed by atoms with Crippen LogP contribution in [0.2, 0.25) is 0 Å². The molecule has 1 aliphatic carbocycles. The second kappa shape index (κ2) is 6.77. The molecule has 0 saturated heterocycles. The van der Waals surface area contributed by atoms with Gasteiger partial charge in [0.15, 0.2) is 0 Å². The van der Waals surface area contributed by atoms with Crippen LogP contribution in [0.5, 0.6) is 0 Å². The summed E-state index contributed by atoms with van der Waals surface area (Å²) < 4.78 is 35.9. The molecule has 22 heavy (non-hydrogen) atoms. The number of rotatable bonds is 4. The van der Waals surface area contributed by atoms with E-state index < -0.39 is 15.7 Å². The molecule has 1 aliphatic rings. The monoisotopic (exact) mass is 327 g/mol. The summed E-state index contributed by atoms with van der Waals surface area (Å²) in [6.45, 7) is 1.75. The molecule has 2 rings (SSSR count). The first-order chi connectivity index (χ1) is 10.2. The van der Waals surface area contributed by atoms with Gasteiger partial charge in [-0.1, -0.05) is 0 Å². The van der Waals surface area contributed by atoms with Crippen molar-refractivity contribution in [3.8, 4) is 0 Å². The summed E-state index contributed by atoms with van der Waals surface area (Å²) in [5.74, 6) is -0.285. The Bertz CT molecular complexity index is 629. The Morgan fingerprint density at radius 1 is 1.23 bits per heavy atom. The molecule has 0 radical (unpaired) electrons. The van der Waals surface area contributed by atoms with Crippen molar-refractivity contribution < 1.29 is 17.6 Å². The lowest BCUT2D eigenvalue weighted by Gasteiger charge is -2.28. The Labute approximate surface area is 131 Å². The minimum Gasteiger partial charge on any atom is -0.349 e. The highest BCUT2D eigenvalue weighted by atomic mass is 32.2. The second-order valence-electron chi connectivity index (χ2n) is 6.30. The summed E-state index contributed by atoms with van der Waals surface area (Å²) >= 11 is 0. The largest absolute Gasteiger partial charge is 0.349 e. The Morgan fingerprint density at radius 2 is 1.86 bits per heavy atom. The van der Waals surface area contributed by atoms with Crippen LogP contribution >= 0.6 is 0 Å². The number of carbonyl (C=O) groups excluding carboxylic acids is 1. The maximum absolute atomic E-state index is 13.3. The average molecular weight is 327 g/mol. The van der Waals surface area contributed by atoms with Gasteiger partial charge >= 0.3 is 0 Å². The molecule has 1 N–H and O–H groups in total. The van der Waals surface area contributed by atoms with Crippen molar-refractivity contribution in [1.29, 1.82) is 0 Å². The Balaban J connectivity index is 1.89. The zero-order valence-electron chi connectivity index (χ0n) is 12.9. The van der Waals surface area contributed by atoms with Crippen LogP contribution in [0.1, 0.15) is 41.6 Å². The maximum Gasteiger partial charge on any atom is 0.251 e. The Hall–Kier alpha value is -1.43. The Morgan fingerprint density at radius 3 is 2.41 bits per heavy atom. The number of hydrogen-bond donors (Lipinski definition) is 1. The van der Waals surface area contributed by atoms with Gasteiger partial charge in [0.25, 0.3) is 5.91 Å². The van der Waals surface area contributed by atoms with Crippen molar-refractivity contribution >= 4 is 15.7 Å². The molecule has 0 atom stereocenters. The minimum absolute atomic E-state index is 0.0342. The van der Waals surface area contributed by atoms with E-state index in [1.54, 1.807) is 13.0 Å². The fourth-order valence-corrected chi connectivity index (χ4v) is 4.23. The fraction of sp³-hybridized carbons (Fsp3) is 0.562. The van der Waals surface area contributed by atoms with E-state index in [1.165, 1.54) is 18.4 Å². The predicted molar refractivity (Wildman–Crippen MR) is 84.1 cm³/mol. The average Bonchev–Trinajstić information content (AvgIpc) is 2.38. The van der Waals surface area contributed by atoms with Crippen LogP contribution in [0.15, 0.2) is 18.2 Å². The van der Waals surface area contributed by atoms with Gasteiger partial charge in [0.1, 0.15) is 15.7 Å². The lowest BCUT2D eigenvalue weighted by Crippen LogP contribution is -2.38. The summed E-state index contributed by atoms with van der Waals surface area (Å²) in [7, 11) is -2.95. The maximum atomic E-state index is 13.3. The first-order valence-electron chi connectivity index (χ1n) is 7.49. The van der Waals surface area contributed by atoms with E-state index in [4.69, 9.17) is 0 Å². The molecule has 6 heteroatoms. The number of sulfone groups is 1. The predicted octanol–water partition coefficient (Wildman–Crippen LogP) is 2.47. The van der Waals surface area contributed by atoms with Crippen molar-refractivity contribution in [2.24, 2.45) is 5.92 Å². The summed E-state index contributed by atoms with van der Waals surface area (Å²) in [5, 5.41) is 2.92. The zero-order valence-corrected chi connectivity index (χ0v) is 13.7. The van der Waals surface area contributed by atoms with Crippen LogP contribution in [0, 0.1) is 18.7 Å². The third-order valence-corrected chi connectivity index (χ3v) is 5.10. The molecule has 0 unspecified atom stereocenters. The highest BCUT2D eigenvalue weighted by Gasteiger charge is 2.25. The molecule has 1 aromatic carbocycles. The van der Waals surface area contributed by atoms with Crippen LogP contribution < -0.4 is 5.32 Å². The first-order valence-corrected chi connectivity index (χ1v) is 9.55. The van der Waals surface area contributed by atoms with E-state index >= 15 is 0 Å². The van der Waals surface area contributed by atoms with E-state index in [0.29, 0.717) is 11.1 Å². The molecule has 1 aromatic rings. The quantitative estimate of drug-likeness (QED) is 0.924. The summed E-state index contributed by atoms with van der Waals surface area (Å²) in [6.07, 6.45) is 4.37. The smallest absolute Gasteiger partial charge is 0.251 e. The van der Waals surface area contributed by atoms with Crippen LogP contribution in [0.4, 0.5) is 4.39 Å². The molecule has 1 fully saturated rings. The minimum atomic E-state index is -2.95. The van der Waals surface area contributed by atoms with Gasteiger partial charge in [-0.15, -0.1) is 0 Å². The zero-order chi connectivity index (χ0) is 16.3. The lowest BCUT2D eigenvalue weighted by molar-refractivity contribution is 0.0922. The fourth-order valence-electron chi connectivity index (χ4n) is 3.04. The molecule has 1 saturated carbocycles. The third kappa shape index (κ3) is 5.09. The van der Waals surface area contributed by atoms with Crippen molar-refractivity contribution in [1.82, 2.24) is 5.32 Å². The summed E-state index contributed by atoms with van der Waals surface area (Å²) in [6, 6.07) is 4.31. The van der Waals surface area contributed by atoms with E-state index in [9.17, 15) is 17.6 Å². The molecular formula is C16H22FNO3S. The van der Waals surface area contributed by atoms with E-state index in [1.807, 2.05) is 0 Å². The van der Waals surface area contributed by atoms with Gasteiger partial charge in [0.2, 0.25) is 0 Å². The highest BCUT2D eigenvalue weighted by molar-refractivity contribution is 7.90. The van der Waals surface area contributed by atoms with Crippen LogP contribution in [0.25, 0.3) is 0 Å². The molecule has 4 nitrogen and oxygen atoms in total. The van der Waals surface area contributed by atoms with Gasteiger partial charge in [-0.3, -0.25) is 4.79 Å². The van der Waals surface area contributed by atoms with Gasteiger partial charge in [-0.05, 0) is 62.3 Å². The van der Waals surface area contributed by atoms with Crippen molar-refractivity contribution in [3.05, 3.63) is 35.1 Å². The van der Waals surface area contributed by atoms with Gasteiger partial charge in [-0.2, -0.15) is 0 Å². The van der Waals surface area contributed by atoms with E-state index in [0.717, 1.165) is 25.7 Å². The van der Waals surface area contributed by atoms with Crippen LogP contribution in [-0.2, 0) is 9.84 Å². The van der Waals surface area contributed by atoms with Crippen molar-refractivity contribution in [3.63, 3.8) is 0 Å². The van der Waals surface area contributed by atoms with Crippen LogP contribution in [0.3, 0.4) is 0 Å². The lowest BCUT2D eigenvalue weighted by atomic mass is 9.87. The summed E-state index contributed by atoms with van der Waals surface area (Å²) in [5.41, 5.74) is 1.04. The first kappa shape index (κ1) is 16.9. The normalized spacial score (nSPS) is 22.3. The molecule has 0 aromatic heterocycles. The number of nitrogens with one attached hydrogen (secondary N) is 1. The number of carbonyl (C=O) groups is 1. The number of amides is 1. The molecular weight excluding hydrogens is 305 g/mol. The molecule has 1 amide bonds. The second-order valence-corrected chi connectivity index (χ2v) is 8.49. The number of aryl methyl sites for hydroxylation is 1. The molecule has 0 spiro atoms. The van der Waals surface area contributed by atoms with Crippen LogP contribution in [-0.4, -0.2) is 32.4 Å². The van der Waals surface area contributed by atoms with Gasteiger partial charge in [-0.25, -0.2) is 12.8 Å². The SMILES string of the molecule is Cc1cc(F)cc(C(=O)NC2CCC(CS(C)(=O)=O)CC2)c1. The molecule has 0 bridgehead atoms. The number of halogens is 1. The van der Waals surface area contributed by atoms with Crippen molar-refractivity contribution in [2.45, 2.75) is 38.6 Å². The topological polar surface area (TPSA) is 63.2 Å². The number of benzene rings is 1. The molecule has 0 aliphatic heterocycles.